The summed E-state index contributed by atoms with van der Waals surface area (Å²) in [5.41, 5.74) is 5.17. The summed E-state index contributed by atoms with van der Waals surface area (Å²) in [4.78, 5) is 4.86. The number of fused-ring (bicyclic) bond motifs is 1. The number of hydrogen-bond acceptors (Lipinski definition) is 3. The lowest BCUT2D eigenvalue weighted by Crippen LogP contribution is -2.43. The van der Waals surface area contributed by atoms with Crippen LogP contribution in [0.4, 0.5) is 15.8 Å². The molecule has 0 amide bonds. The molecule has 2 aliphatic heterocycles. The quantitative estimate of drug-likeness (QED) is 0.940. The van der Waals surface area contributed by atoms with Gasteiger partial charge in [0, 0.05) is 56.2 Å². The second kappa shape index (κ2) is 6.20. The van der Waals surface area contributed by atoms with Crippen molar-refractivity contribution in [3.05, 3.63) is 59.4 Å². The molecule has 0 aromatic heterocycles. The predicted molar refractivity (Wildman–Crippen MR) is 92.7 cm³/mol. The van der Waals surface area contributed by atoms with Crippen molar-refractivity contribution in [1.82, 2.24) is 5.32 Å². The van der Waals surface area contributed by atoms with Crippen LogP contribution >= 0.6 is 0 Å². The van der Waals surface area contributed by atoms with Crippen LogP contribution in [-0.2, 0) is 13.0 Å². The van der Waals surface area contributed by atoms with Crippen molar-refractivity contribution >= 4 is 11.4 Å². The minimum Gasteiger partial charge on any atom is -0.369 e. The van der Waals surface area contributed by atoms with E-state index < -0.39 is 0 Å². The normalized spacial score (nSPS) is 17.4. The van der Waals surface area contributed by atoms with Crippen LogP contribution in [0.3, 0.4) is 0 Å². The molecule has 0 atom stereocenters. The van der Waals surface area contributed by atoms with Gasteiger partial charge in [-0.3, -0.25) is 0 Å². The number of hydrogen-bond donors (Lipinski definition) is 1. The topological polar surface area (TPSA) is 18.5 Å². The highest BCUT2D eigenvalue weighted by molar-refractivity contribution is 5.71. The third kappa shape index (κ3) is 2.91. The maximum Gasteiger partial charge on any atom is 0.123 e. The number of piperazine rings is 1. The molecule has 1 fully saturated rings. The van der Waals surface area contributed by atoms with E-state index in [1.54, 1.807) is 12.1 Å². The number of benzene rings is 2. The van der Waals surface area contributed by atoms with Gasteiger partial charge in [0.2, 0.25) is 0 Å². The highest BCUT2D eigenvalue weighted by Gasteiger charge is 2.24. The monoisotopic (exact) mass is 311 g/mol. The molecule has 2 aromatic rings. The Labute approximate surface area is 136 Å². The molecular weight excluding hydrogens is 289 g/mol. The van der Waals surface area contributed by atoms with Crippen LogP contribution in [0.1, 0.15) is 11.1 Å². The van der Waals surface area contributed by atoms with Crippen molar-refractivity contribution in [3.8, 4) is 0 Å². The highest BCUT2D eigenvalue weighted by atomic mass is 19.1. The van der Waals surface area contributed by atoms with E-state index in [4.69, 9.17) is 0 Å². The molecule has 4 heteroatoms. The molecule has 2 heterocycles. The molecule has 3 nitrogen and oxygen atoms in total. The van der Waals surface area contributed by atoms with Crippen molar-refractivity contribution in [2.45, 2.75) is 13.0 Å². The molecule has 0 radical (unpaired) electrons. The fourth-order valence-electron chi connectivity index (χ4n) is 3.70. The van der Waals surface area contributed by atoms with E-state index in [2.05, 4.69) is 33.3 Å². The molecule has 0 aliphatic carbocycles. The van der Waals surface area contributed by atoms with E-state index in [0.717, 1.165) is 51.3 Å². The predicted octanol–water partition coefficient (Wildman–Crippen LogP) is 2.80. The molecule has 23 heavy (non-hydrogen) atoms. The Morgan fingerprint density at radius 1 is 0.957 bits per heavy atom. The van der Waals surface area contributed by atoms with Crippen LogP contribution in [0, 0.1) is 5.82 Å². The lowest BCUT2D eigenvalue weighted by Gasteiger charge is -2.31. The summed E-state index contributed by atoms with van der Waals surface area (Å²) in [6, 6.07) is 13.5. The fourth-order valence-corrected chi connectivity index (χ4v) is 3.70. The number of nitrogens with zero attached hydrogens (tertiary/aromatic N) is 2. The van der Waals surface area contributed by atoms with Crippen LogP contribution in [0.5, 0.6) is 0 Å². The maximum atomic E-state index is 13.4. The Balaban J connectivity index is 1.59. The Hall–Kier alpha value is -2.07. The number of halogens is 1. The Morgan fingerprint density at radius 3 is 2.57 bits per heavy atom. The second-order valence-corrected chi connectivity index (χ2v) is 6.31. The molecule has 2 aromatic carbocycles. The first kappa shape index (κ1) is 14.5. The van der Waals surface area contributed by atoms with Crippen LogP contribution < -0.4 is 15.1 Å². The van der Waals surface area contributed by atoms with Gasteiger partial charge in [-0.25, -0.2) is 4.39 Å². The molecule has 0 saturated carbocycles. The van der Waals surface area contributed by atoms with Crippen molar-refractivity contribution in [3.63, 3.8) is 0 Å². The Morgan fingerprint density at radius 2 is 1.74 bits per heavy atom. The van der Waals surface area contributed by atoms with Gasteiger partial charge in [-0.1, -0.05) is 18.2 Å². The van der Waals surface area contributed by atoms with Crippen molar-refractivity contribution < 1.29 is 4.39 Å². The summed E-state index contributed by atoms with van der Waals surface area (Å²) in [5.74, 6) is -0.156. The van der Waals surface area contributed by atoms with E-state index in [1.165, 1.54) is 23.0 Å². The zero-order valence-corrected chi connectivity index (χ0v) is 13.3. The Bertz CT molecular complexity index is 695. The van der Waals surface area contributed by atoms with Gasteiger partial charge < -0.3 is 15.1 Å². The molecule has 1 saturated heterocycles. The largest absolute Gasteiger partial charge is 0.369 e. The number of rotatable bonds is 3. The van der Waals surface area contributed by atoms with E-state index in [-0.39, 0.29) is 5.82 Å². The van der Waals surface area contributed by atoms with Gasteiger partial charge in [-0.15, -0.1) is 0 Å². The second-order valence-electron chi connectivity index (χ2n) is 6.31. The van der Waals surface area contributed by atoms with Gasteiger partial charge in [-0.2, -0.15) is 0 Å². The van der Waals surface area contributed by atoms with E-state index in [0.29, 0.717) is 0 Å². The van der Waals surface area contributed by atoms with Gasteiger partial charge in [-0.05, 0) is 36.2 Å². The van der Waals surface area contributed by atoms with Gasteiger partial charge in [0.15, 0.2) is 0 Å². The van der Waals surface area contributed by atoms with E-state index in [9.17, 15) is 4.39 Å². The van der Waals surface area contributed by atoms with Gasteiger partial charge in [0.1, 0.15) is 5.82 Å². The fraction of sp³-hybridized carbons (Fsp3) is 0.368. The summed E-state index contributed by atoms with van der Waals surface area (Å²) in [6.45, 7) is 6.03. The van der Waals surface area contributed by atoms with Gasteiger partial charge in [0.05, 0.1) is 0 Å². The molecule has 4 rings (SSSR count). The summed E-state index contributed by atoms with van der Waals surface area (Å²) in [7, 11) is 0. The van der Waals surface area contributed by atoms with E-state index >= 15 is 0 Å². The SMILES string of the molecule is Fc1cccc(CN2CCc3c(N4CCNCC4)cccc32)c1. The minimum atomic E-state index is -0.156. The summed E-state index contributed by atoms with van der Waals surface area (Å²) < 4.78 is 13.4. The van der Waals surface area contributed by atoms with Crippen LogP contribution in [-0.4, -0.2) is 32.7 Å². The average Bonchev–Trinajstić information content (AvgIpc) is 2.99. The molecule has 2 aliphatic rings. The maximum absolute atomic E-state index is 13.4. The summed E-state index contributed by atoms with van der Waals surface area (Å²) in [6.07, 6.45) is 1.07. The van der Waals surface area contributed by atoms with Crippen LogP contribution in [0.15, 0.2) is 42.5 Å². The van der Waals surface area contributed by atoms with Crippen molar-refractivity contribution in [2.24, 2.45) is 0 Å². The molecule has 1 N–H and O–H groups in total. The van der Waals surface area contributed by atoms with Gasteiger partial charge in [0.25, 0.3) is 0 Å². The van der Waals surface area contributed by atoms with Gasteiger partial charge >= 0.3 is 0 Å². The first-order valence-corrected chi connectivity index (χ1v) is 8.38. The smallest absolute Gasteiger partial charge is 0.123 e. The first-order valence-electron chi connectivity index (χ1n) is 8.38. The third-order valence-electron chi connectivity index (χ3n) is 4.82. The van der Waals surface area contributed by atoms with Crippen LogP contribution in [0.25, 0.3) is 0 Å². The van der Waals surface area contributed by atoms with Crippen molar-refractivity contribution in [1.29, 1.82) is 0 Å². The third-order valence-corrected chi connectivity index (χ3v) is 4.82. The molecule has 0 spiro atoms. The lowest BCUT2D eigenvalue weighted by atomic mass is 10.1. The standard InChI is InChI=1S/C19H22FN3/c20-16-4-1-3-15(13-16)14-23-10-7-17-18(5-2-6-19(17)23)22-11-8-21-9-12-22/h1-6,13,21H,7-12,14H2. The zero-order valence-electron chi connectivity index (χ0n) is 13.3. The molecule has 0 unspecified atom stereocenters. The molecular formula is C19H22FN3. The highest BCUT2D eigenvalue weighted by Crippen LogP contribution is 2.36. The minimum absolute atomic E-state index is 0.156. The van der Waals surface area contributed by atoms with Crippen LogP contribution in [0.2, 0.25) is 0 Å². The summed E-state index contributed by atoms with van der Waals surface area (Å²) in [5, 5.41) is 3.41. The summed E-state index contributed by atoms with van der Waals surface area (Å²) >= 11 is 0. The molecule has 0 bridgehead atoms. The number of nitrogens with one attached hydrogen (secondary N) is 1. The average molecular weight is 311 g/mol. The van der Waals surface area contributed by atoms with Crippen molar-refractivity contribution in [2.75, 3.05) is 42.5 Å². The Kier molecular flexibility index (Phi) is 3.92. The van der Waals surface area contributed by atoms with E-state index in [1.807, 2.05) is 6.07 Å². The number of anilines is 2. The lowest BCUT2D eigenvalue weighted by molar-refractivity contribution is 0.588. The zero-order chi connectivity index (χ0) is 15.6. The first-order chi connectivity index (χ1) is 11.3. The molecule has 120 valence electrons.